The summed E-state index contributed by atoms with van der Waals surface area (Å²) in [4.78, 5) is 6.76. The summed E-state index contributed by atoms with van der Waals surface area (Å²) in [6.45, 7) is 6.57. The van der Waals surface area contributed by atoms with Crippen molar-refractivity contribution in [3.8, 4) is 6.07 Å². The van der Waals surface area contributed by atoms with Gasteiger partial charge in [-0.15, -0.1) is 4.98 Å². The fourth-order valence-electron chi connectivity index (χ4n) is 0.548. The Kier molecular flexibility index (Phi) is 1.63. The highest BCUT2D eigenvalue weighted by Crippen LogP contribution is 2.06. The summed E-state index contributed by atoms with van der Waals surface area (Å²) in [6.07, 6.45) is 0. The zero-order valence-electron chi connectivity index (χ0n) is 5.07. The first kappa shape index (κ1) is 6.25. The van der Waals surface area contributed by atoms with E-state index >= 15 is 0 Å². The van der Waals surface area contributed by atoms with E-state index in [4.69, 9.17) is 11.8 Å². The number of nitrogens with zero attached hydrogens (tertiary/aromatic N) is 3. The van der Waals surface area contributed by atoms with Crippen molar-refractivity contribution in [3.05, 3.63) is 35.3 Å². The van der Waals surface area contributed by atoms with Gasteiger partial charge in [0.1, 0.15) is 6.07 Å². The molecule has 1 aromatic rings. The summed E-state index contributed by atoms with van der Waals surface area (Å²) in [5, 5.41) is 8.34. The lowest BCUT2D eigenvalue weighted by molar-refractivity contribution is 1.28. The quantitative estimate of drug-likeness (QED) is 0.498. The summed E-state index contributed by atoms with van der Waals surface area (Å²) in [5.74, 6) is 0.263. The Morgan fingerprint density at radius 3 is 3.00 bits per heavy atom. The van der Waals surface area contributed by atoms with Crippen molar-refractivity contribution < 1.29 is 0 Å². The van der Waals surface area contributed by atoms with E-state index in [0.29, 0.717) is 0 Å². The van der Waals surface area contributed by atoms with Gasteiger partial charge in [-0.05, 0) is 12.1 Å². The second-order valence-corrected chi connectivity index (χ2v) is 1.60. The smallest absolute Gasteiger partial charge is 0.270 e. The van der Waals surface area contributed by atoms with Crippen LogP contribution in [0.25, 0.3) is 4.85 Å². The lowest BCUT2D eigenvalue weighted by atomic mass is 10.4. The van der Waals surface area contributed by atoms with E-state index in [1.54, 1.807) is 18.2 Å². The molecular formula is C7H3N3. The van der Waals surface area contributed by atoms with Crippen LogP contribution in [0.5, 0.6) is 0 Å². The van der Waals surface area contributed by atoms with Gasteiger partial charge in [0, 0.05) is 0 Å². The van der Waals surface area contributed by atoms with Crippen LogP contribution in [0.15, 0.2) is 18.2 Å². The molecule has 3 heteroatoms. The summed E-state index contributed by atoms with van der Waals surface area (Å²) >= 11 is 0. The average molecular weight is 129 g/mol. The fourth-order valence-corrected chi connectivity index (χ4v) is 0.548. The summed E-state index contributed by atoms with van der Waals surface area (Å²) in [5.41, 5.74) is 0.286. The van der Waals surface area contributed by atoms with Gasteiger partial charge in [0.2, 0.25) is 5.69 Å². The maximum absolute atomic E-state index is 8.34. The molecule has 0 saturated carbocycles. The van der Waals surface area contributed by atoms with E-state index < -0.39 is 0 Å². The number of pyridine rings is 1. The predicted molar refractivity (Wildman–Crippen MR) is 35.2 cm³/mol. The molecule has 0 aliphatic rings. The standard InChI is InChI=1S/C7H3N3/c1-9-7-4-2-3-6(5-8)10-7/h2-4H. The number of hydrogen-bond acceptors (Lipinski definition) is 2. The van der Waals surface area contributed by atoms with Gasteiger partial charge in [-0.2, -0.15) is 5.26 Å². The first-order valence-electron chi connectivity index (χ1n) is 2.61. The molecule has 1 heterocycles. The van der Waals surface area contributed by atoms with E-state index in [1.165, 1.54) is 0 Å². The maximum atomic E-state index is 8.34. The summed E-state index contributed by atoms with van der Waals surface area (Å²) in [6, 6.07) is 6.61. The first-order valence-corrected chi connectivity index (χ1v) is 2.61. The number of aromatic nitrogens is 1. The largest absolute Gasteiger partial charge is 0.361 e. The fraction of sp³-hybridized carbons (Fsp3) is 0. The van der Waals surface area contributed by atoms with Crippen LogP contribution in [0.3, 0.4) is 0 Å². The van der Waals surface area contributed by atoms with Crippen molar-refractivity contribution in [1.29, 1.82) is 5.26 Å². The highest BCUT2D eigenvalue weighted by Gasteiger charge is 1.95. The van der Waals surface area contributed by atoms with Crippen LogP contribution in [0.1, 0.15) is 5.69 Å². The molecule has 0 fully saturated rings. The first-order chi connectivity index (χ1) is 4.86. The lowest BCUT2D eigenvalue weighted by Crippen LogP contribution is -1.77. The predicted octanol–water partition coefficient (Wildman–Crippen LogP) is 1.50. The molecule has 3 nitrogen and oxygen atoms in total. The number of hydrogen-bond donors (Lipinski definition) is 0. The minimum absolute atomic E-state index is 0.263. The third-order valence-corrected chi connectivity index (χ3v) is 0.963. The molecule has 0 radical (unpaired) electrons. The molecule has 10 heavy (non-hydrogen) atoms. The molecule has 0 aliphatic heterocycles. The van der Waals surface area contributed by atoms with Gasteiger partial charge in [0.05, 0.1) is 0 Å². The molecular weight excluding hydrogens is 126 g/mol. The SMILES string of the molecule is [C-]#[N+]c1cccc(C#N)n1. The molecule has 46 valence electrons. The van der Waals surface area contributed by atoms with Crippen molar-refractivity contribution in [2.24, 2.45) is 0 Å². The van der Waals surface area contributed by atoms with Gasteiger partial charge in [0.25, 0.3) is 5.82 Å². The minimum atomic E-state index is 0.263. The van der Waals surface area contributed by atoms with E-state index in [1.807, 2.05) is 6.07 Å². The van der Waals surface area contributed by atoms with Crippen molar-refractivity contribution in [2.75, 3.05) is 0 Å². The Morgan fingerprint density at radius 2 is 2.40 bits per heavy atom. The number of nitriles is 1. The van der Waals surface area contributed by atoms with E-state index in [2.05, 4.69) is 9.83 Å². The van der Waals surface area contributed by atoms with Crippen LogP contribution >= 0.6 is 0 Å². The molecule has 0 amide bonds. The van der Waals surface area contributed by atoms with Gasteiger partial charge in [-0.25, -0.2) is 0 Å². The van der Waals surface area contributed by atoms with E-state index in [-0.39, 0.29) is 11.5 Å². The van der Waals surface area contributed by atoms with Crippen molar-refractivity contribution in [1.82, 2.24) is 4.98 Å². The van der Waals surface area contributed by atoms with E-state index in [9.17, 15) is 0 Å². The zero-order chi connectivity index (χ0) is 7.40. The molecule has 1 rings (SSSR count). The Morgan fingerprint density at radius 1 is 1.60 bits per heavy atom. The van der Waals surface area contributed by atoms with E-state index in [0.717, 1.165) is 0 Å². The molecule has 0 unspecified atom stereocenters. The second-order valence-electron chi connectivity index (χ2n) is 1.60. The average Bonchev–Trinajstić information content (AvgIpc) is 2.05. The van der Waals surface area contributed by atoms with Crippen LogP contribution in [-0.4, -0.2) is 4.98 Å². The normalized spacial score (nSPS) is 7.80. The Labute approximate surface area is 58.4 Å². The third-order valence-electron chi connectivity index (χ3n) is 0.963. The zero-order valence-corrected chi connectivity index (χ0v) is 5.07. The Bertz CT molecular complexity index is 287. The van der Waals surface area contributed by atoms with Gasteiger partial charge >= 0.3 is 0 Å². The van der Waals surface area contributed by atoms with Crippen molar-refractivity contribution in [2.45, 2.75) is 0 Å². The van der Waals surface area contributed by atoms with Crippen LogP contribution < -0.4 is 0 Å². The molecule has 0 spiro atoms. The van der Waals surface area contributed by atoms with Crippen LogP contribution in [-0.2, 0) is 0 Å². The Hall–Kier alpha value is -1.87. The van der Waals surface area contributed by atoms with Crippen LogP contribution in [0.2, 0.25) is 0 Å². The molecule has 0 N–H and O–H groups in total. The summed E-state index contributed by atoms with van der Waals surface area (Å²) < 4.78 is 0. The van der Waals surface area contributed by atoms with Gasteiger partial charge in [-0.3, -0.25) is 0 Å². The Balaban J connectivity index is 3.17. The third kappa shape index (κ3) is 1.10. The second kappa shape index (κ2) is 2.61. The van der Waals surface area contributed by atoms with Crippen LogP contribution in [0.4, 0.5) is 5.82 Å². The molecule has 0 saturated heterocycles. The highest BCUT2D eigenvalue weighted by atomic mass is 14.9. The lowest BCUT2D eigenvalue weighted by Gasteiger charge is -1.83. The molecule has 0 atom stereocenters. The molecule has 0 aliphatic carbocycles. The van der Waals surface area contributed by atoms with Gasteiger partial charge < -0.3 is 4.85 Å². The number of rotatable bonds is 0. The van der Waals surface area contributed by atoms with Crippen molar-refractivity contribution >= 4 is 5.82 Å². The molecule has 0 aromatic carbocycles. The van der Waals surface area contributed by atoms with Crippen molar-refractivity contribution in [3.63, 3.8) is 0 Å². The molecule has 0 bridgehead atoms. The minimum Gasteiger partial charge on any atom is -0.361 e. The monoisotopic (exact) mass is 129 g/mol. The maximum Gasteiger partial charge on any atom is 0.270 e. The van der Waals surface area contributed by atoms with Gasteiger partial charge in [0.15, 0.2) is 0 Å². The van der Waals surface area contributed by atoms with Crippen LogP contribution in [0, 0.1) is 17.9 Å². The van der Waals surface area contributed by atoms with Gasteiger partial charge in [-0.1, -0.05) is 12.6 Å². The highest BCUT2D eigenvalue weighted by molar-refractivity contribution is 5.38. The summed E-state index contributed by atoms with van der Waals surface area (Å²) in [7, 11) is 0. The molecule has 1 aromatic heterocycles. The topological polar surface area (TPSA) is 41.0 Å².